The number of carbonyl (C=O) groups is 1. The predicted octanol–water partition coefficient (Wildman–Crippen LogP) is 1.22. The van der Waals surface area contributed by atoms with E-state index in [2.05, 4.69) is 20.0 Å². The summed E-state index contributed by atoms with van der Waals surface area (Å²) in [6, 6.07) is -0.153. The van der Waals surface area contributed by atoms with Crippen LogP contribution in [0.2, 0.25) is 0 Å². The zero-order valence-corrected chi connectivity index (χ0v) is 13.9. The van der Waals surface area contributed by atoms with E-state index in [1.54, 1.807) is 0 Å². The number of rotatable bonds is 6. The highest BCUT2D eigenvalue weighted by Crippen LogP contribution is 2.27. The van der Waals surface area contributed by atoms with Crippen molar-refractivity contribution in [1.82, 2.24) is 20.4 Å². The van der Waals surface area contributed by atoms with Crippen LogP contribution in [-0.4, -0.2) is 51.8 Å². The topological polar surface area (TPSA) is 91.5 Å². The third kappa shape index (κ3) is 5.32. The van der Waals surface area contributed by atoms with Crippen LogP contribution in [0.15, 0.2) is 4.52 Å². The summed E-state index contributed by atoms with van der Waals surface area (Å²) in [7, 11) is 0. The Balaban J connectivity index is 0.00000288. The predicted molar refractivity (Wildman–Crippen MR) is 79.2 cm³/mol. The van der Waals surface area contributed by atoms with Crippen molar-refractivity contribution < 1.29 is 27.6 Å². The maximum Gasteiger partial charge on any atom is 0.455 e. The molecular formula is C13H20ClF3N4O3. The molecule has 24 heavy (non-hydrogen) atoms. The number of nitrogens with zero attached hydrogens (tertiary/aromatic N) is 3. The van der Waals surface area contributed by atoms with Gasteiger partial charge in [0, 0.05) is 19.1 Å². The summed E-state index contributed by atoms with van der Waals surface area (Å²) < 4.78 is 42.0. The molecule has 1 aromatic heterocycles. The first-order chi connectivity index (χ1) is 10.8. The molecule has 0 aromatic carbocycles. The highest BCUT2D eigenvalue weighted by molar-refractivity contribution is 5.85. The quantitative estimate of drug-likeness (QED) is 0.780. The Morgan fingerprint density at radius 2 is 2.17 bits per heavy atom. The Morgan fingerprint density at radius 3 is 2.71 bits per heavy atom. The number of amides is 1. The fourth-order valence-corrected chi connectivity index (χ4v) is 2.79. The lowest BCUT2D eigenvalue weighted by molar-refractivity contribution is -0.146. The number of aromatic nitrogens is 2. The van der Waals surface area contributed by atoms with Crippen LogP contribution in [0, 0.1) is 5.92 Å². The lowest BCUT2D eigenvalue weighted by Crippen LogP contribution is -2.41. The molecule has 1 aromatic rings. The van der Waals surface area contributed by atoms with E-state index in [4.69, 9.17) is 5.11 Å². The number of aliphatic hydroxyl groups is 1. The fraction of sp³-hybridized carbons (Fsp3) is 0.769. The first-order valence-corrected chi connectivity index (χ1v) is 7.35. The highest BCUT2D eigenvalue weighted by atomic mass is 35.5. The number of carbonyl (C=O) groups excluding carboxylic acids is 1. The van der Waals surface area contributed by atoms with Crippen molar-refractivity contribution in [3.8, 4) is 0 Å². The molecule has 138 valence electrons. The van der Waals surface area contributed by atoms with Crippen molar-refractivity contribution in [3.63, 3.8) is 0 Å². The standard InChI is InChI=1S/C13H19F3N4O3.ClH/c1-2-3-8-4-20(5-9(8)17-10(22)7-21)6-11-18-12(19-23-11)13(14,15)16;/h8-9,21H,2-7H2,1H3,(H,17,22);1H/t8-,9-;/m0./s1. The number of hydrogen-bond donors (Lipinski definition) is 2. The molecule has 0 unspecified atom stereocenters. The molecule has 11 heteroatoms. The van der Waals surface area contributed by atoms with Gasteiger partial charge in [-0.2, -0.15) is 18.2 Å². The number of halogens is 4. The van der Waals surface area contributed by atoms with Crippen molar-refractivity contribution in [2.24, 2.45) is 5.92 Å². The average molecular weight is 373 g/mol. The van der Waals surface area contributed by atoms with E-state index in [0.717, 1.165) is 12.8 Å². The van der Waals surface area contributed by atoms with Crippen LogP contribution in [0.1, 0.15) is 31.5 Å². The molecule has 0 saturated carbocycles. The Hall–Kier alpha value is -1.39. The van der Waals surface area contributed by atoms with Gasteiger partial charge in [-0.25, -0.2) is 0 Å². The molecule has 2 heterocycles. The highest BCUT2D eigenvalue weighted by Gasteiger charge is 2.38. The number of hydrogen-bond acceptors (Lipinski definition) is 6. The van der Waals surface area contributed by atoms with Gasteiger partial charge in [0.05, 0.1) is 6.54 Å². The van der Waals surface area contributed by atoms with Gasteiger partial charge in [0.2, 0.25) is 11.8 Å². The molecule has 0 radical (unpaired) electrons. The van der Waals surface area contributed by atoms with Crippen LogP contribution in [0.3, 0.4) is 0 Å². The second kappa shape index (κ2) is 8.63. The van der Waals surface area contributed by atoms with Crippen LogP contribution in [0.25, 0.3) is 0 Å². The van der Waals surface area contributed by atoms with Gasteiger partial charge in [-0.05, 0) is 12.3 Å². The summed E-state index contributed by atoms with van der Waals surface area (Å²) in [6.07, 6.45) is -2.84. The Morgan fingerprint density at radius 1 is 1.46 bits per heavy atom. The lowest BCUT2D eigenvalue weighted by atomic mass is 9.98. The van der Waals surface area contributed by atoms with Crippen molar-refractivity contribution in [2.75, 3.05) is 19.7 Å². The van der Waals surface area contributed by atoms with Gasteiger partial charge in [-0.3, -0.25) is 9.69 Å². The molecule has 1 amide bonds. The summed E-state index contributed by atoms with van der Waals surface area (Å²) >= 11 is 0. The van der Waals surface area contributed by atoms with E-state index in [9.17, 15) is 18.0 Å². The molecule has 1 aliphatic heterocycles. The van der Waals surface area contributed by atoms with Crippen molar-refractivity contribution in [2.45, 2.75) is 38.5 Å². The lowest BCUT2D eigenvalue weighted by Gasteiger charge is -2.18. The Labute approximate surface area is 143 Å². The van der Waals surface area contributed by atoms with E-state index in [0.29, 0.717) is 13.1 Å². The summed E-state index contributed by atoms with van der Waals surface area (Å²) in [4.78, 5) is 16.6. The molecule has 0 spiro atoms. The Kier molecular flexibility index (Phi) is 7.43. The molecule has 1 aliphatic rings. The van der Waals surface area contributed by atoms with E-state index >= 15 is 0 Å². The van der Waals surface area contributed by atoms with E-state index in [1.807, 2.05) is 11.8 Å². The third-order valence-corrected chi connectivity index (χ3v) is 3.75. The van der Waals surface area contributed by atoms with Gasteiger partial charge in [-0.15, -0.1) is 12.4 Å². The van der Waals surface area contributed by atoms with Crippen LogP contribution in [0.5, 0.6) is 0 Å². The van der Waals surface area contributed by atoms with Gasteiger partial charge in [0.1, 0.15) is 6.61 Å². The smallest absolute Gasteiger partial charge is 0.387 e. The average Bonchev–Trinajstić information content (AvgIpc) is 3.07. The molecule has 1 saturated heterocycles. The van der Waals surface area contributed by atoms with Gasteiger partial charge >= 0.3 is 6.18 Å². The molecule has 7 nitrogen and oxygen atoms in total. The summed E-state index contributed by atoms with van der Waals surface area (Å²) in [5.41, 5.74) is 0. The van der Waals surface area contributed by atoms with Gasteiger partial charge in [0.15, 0.2) is 0 Å². The zero-order chi connectivity index (χ0) is 17.0. The Bertz CT molecular complexity index is 541. The fourth-order valence-electron chi connectivity index (χ4n) is 2.79. The first kappa shape index (κ1) is 20.7. The summed E-state index contributed by atoms with van der Waals surface area (Å²) in [5.74, 6) is -1.70. The van der Waals surface area contributed by atoms with Crippen LogP contribution in [-0.2, 0) is 17.5 Å². The summed E-state index contributed by atoms with van der Waals surface area (Å²) in [5, 5.41) is 14.5. The number of alkyl halides is 3. The minimum absolute atomic E-state index is 0. The molecule has 0 aliphatic carbocycles. The zero-order valence-electron chi connectivity index (χ0n) is 13.0. The van der Waals surface area contributed by atoms with Gasteiger partial charge in [0.25, 0.3) is 5.82 Å². The minimum Gasteiger partial charge on any atom is -0.387 e. The molecule has 1 fully saturated rings. The number of aliphatic hydroxyl groups excluding tert-OH is 1. The van der Waals surface area contributed by atoms with E-state index in [-0.39, 0.29) is 36.8 Å². The van der Waals surface area contributed by atoms with Crippen molar-refractivity contribution in [3.05, 3.63) is 11.7 Å². The molecule has 2 N–H and O–H groups in total. The normalized spacial score (nSPS) is 21.5. The number of likely N-dealkylation sites (tertiary alicyclic amines) is 1. The second-order valence-corrected chi connectivity index (χ2v) is 5.58. The molecular weight excluding hydrogens is 353 g/mol. The maximum absolute atomic E-state index is 12.5. The monoisotopic (exact) mass is 372 g/mol. The van der Waals surface area contributed by atoms with Gasteiger partial charge < -0.3 is 14.9 Å². The van der Waals surface area contributed by atoms with E-state index in [1.165, 1.54) is 0 Å². The minimum atomic E-state index is -4.63. The molecule has 0 bridgehead atoms. The number of nitrogens with one attached hydrogen (secondary N) is 1. The summed E-state index contributed by atoms with van der Waals surface area (Å²) in [6.45, 7) is 2.58. The van der Waals surface area contributed by atoms with Crippen LogP contribution >= 0.6 is 12.4 Å². The van der Waals surface area contributed by atoms with Crippen LogP contribution in [0.4, 0.5) is 13.2 Å². The first-order valence-electron chi connectivity index (χ1n) is 7.35. The largest absolute Gasteiger partial charge is 0.455 e. The molecule has 2 atom stereocenters. The van der Waals surface area contributed by atoms with Crippen LogP contribution < -0.4 is 5.32 Å². The SMILES string of the molecule is CCC[C@H]1CN(Cc2nc(C(F)(F)F)no2)C[C@@H]1NC(=O)CO.Cl. The van der Waals surface area contributed by atoms with Crippen molar-refractivity contribution in [1.29, 1.82) is 0 Å². The maximum atomic E-state index is 12.5. The molecule has 2 rings (SSSR count). The second-order valence-electron chi connectivity index (χ2n) is 5.58. The van der Waals surface area contributed by atoms with E-state index < -0.39 is 24.5 Å². The van der Waals surface area contributed by atoms with Gasteiger partial charge in [-0.1, -0.05) is 18.5 Å². The third-order valence-electron chi connectivity index (χ3n) is 3.75. The van der Waals surface area contributed by atoms with Crippen molar-refractivity contribution >= 4 is 18.3 Å².